The fourth-order valence-electron chi connectivity index (χ4n) is 3.77. The molecular weight excluding hydrogens is 356 g/mol. The third kappa shape index (κ3) is 4.60. The van der Waals surface area contributed by atoms with Gasteiger partial charge in [-0.25, -0.2) is 9.97 Å². The zero-order valence-electron chi connectivity index (χ0n) is 17.2. The molecule has 0 aliphatic carbocycles. The number of aryl methyl sites for hydroxylation is 2. The van der Waals surface area contributed by atoms with Gasteiger partial charge < -0.3 is 10.2 Å². The SMILES string of the molecule is Cc1sc2ncnc(N3CCC(C(=O)NC(C)CCC(C)C)CC3)c2c1C. The van der Waals surface area contributed by atoms with Crippen LogP contribution in [0.3, 0.4) is 0 Å². The highest BCUT2D eigenvalue weighted by molar-refractivity contribution is 7.18. The lowest BCUT2D eigenvalue weighted by Crippen LogP contribution is -2.43. The van der Waals surface area contributed by atoms with Gasteiger partial charge in [0.05, 0.1) is 5.39 Å². The van der Waals surface area contributed by atoms with E-state index in [-0.39, 0.29) is 17.9 Å². The average molecular weight is 389 g/mol. The first kappa shape index (κ1) is 20.1. The van der Waals surface area contributed by atoms with Gasteiger partial charge in [0, 0.05) is 29.9 Å². The summed E-state index contributed by atoms with van der Waals surface area (Å²) in [6, 6.07) is 0.260. The van der Waals surface area contributed by atoms with Crippen molar-refractivity contribution in [1.29, 1.82) is 0 Å². The van der Waals surface area contributed by atoms with Crippen molar-refractivity contribution in [1.82, 2.24) is 15.3 Å². The Balaban J connectivity index is 1.60. The smallest absolute Gasteiger partial charge is 0.223 e. The third-order valence-corrected chi connectivity index (χ3v) is 6.79. The molecule has 1 amide bonds. The van der Waals surface area contributed by atoms with Gasteiger partial charge in [-0.3, -0.25) is 4.79 Å². The van der Waals surface area contributed by atoms with Crippen molar-refractivity contribution in [3.63, 3.8) is 0 Å². The second-order valence-electron chi connectivity index (χ2n) is 8.30. The average Bonchev–Trinajstić information content (AvgIpc) is 2.94. The van der Waals surface area contributed by atoms with Crippen molar-refractivity contribution in [2.75, 3.05) is 18.0 Å². The number of amides is 1. The van der Waals surface area contributed by atoms with E-state index in [0.717, 1.165) is 49.4 Å². The maximum absolute atomic E-state index is 12.6. The molecule has 0 bridgehead atoms. The van der Waals surface area contributed by atoms with Crippen LogP contribution in [0.2, 0.25) is 0 Å². The molecule has 3 rings (SSSR count). The number of carbonyl (C=O) groups is 1. The highest BCUT2D eigenvalue weighted by atomic mass is 32.1. The molecule has 0 radical (unpaired) electrons. The lowest BCUT2D eigenvalue weighted by molar-refractivity contribution is -0.126. The van der Waals surface area contributed by atoms with Crippen molar-refractivity contribution in [2.24, 2.45) is 11.8 Å². The molecule has 0 saturated carbocycles. The molecule has 1 fully saturated rings. The molecule has 6 heteroatoms. The first-order valence-corrected chi connectivity index (χ1v) is 10.9. The molecule has 5 nitrogen and oxygen atoms in total. The summed E-state index contributed by atoms with van der Waals surface area (Å²) in [4.78, 5) is 26.3. The van der Waals surface area contributed by atoms with Crippen LogP contribution in [0.15, 0.2) is 6.33 Å². The minimum Gasteiger partial charge on any atom is -0.356 e. The Morgan fingerprint density at radius 2 is 1.93 bits per heavy atom. The first-order valence-electron chi connectivity index (χ1n) is 10.1. The van der Waals surface area contributed by atoms with Gasteiger partial charge in [-0.2, -0.15) is 0 Å². The van der Waals surface area contributed by atoms with E-state index >= 15 is 0 Å². The molecule has 1 aliphatic rings. The normalized spacial score (nSPS) is 16.9. The van der Waals surface area contributed by atoms with E-state index in [4.69, 9.17) is 0 Å². The largest absolute Gasteiger partial charge is 0.356 e. The number of carbonyl (C=O) groups excluding carboxylic acids is 1. The van der Waals surface area contributed by atoms with Crippen molar-refractivity contribution in [3.05, 3.63) is 16.8 Å². The molecule has 1 saturated heterocycles. The number of nitrogens with zero attached hydrogens (tertiary/aromatic N) is 3. The maximum atomic E-state index is 12.6. The van der Waals surface area contributed by atoms with Crippen LogP contribution in [0.4, 0.5) is 5.82 Å². The lowest BCUT2D eigenvalue weighted by atomic mass is 9.95. The molecule has 0 spiro atoms. The Morgan fingerprint density at radius 3 is 2.59 bits per heavy atom. The van der Waals surface area contributed by atoms with Crippen LogP contribution in [-0.4, -0.2) is 35.0 Å². The van der Waals surface area contributed by atoms with Crippen LogP contribution in [-0.2, 0) is 4.79 Å². The van der Waals surface area contributed by atoms with Gasteiger partial charge in [-0.15, -0.1) is 11.3 Å². The predicted octanol–water partition coefficient (Wildman–Crippen LogP) is 4.47. The van der Waals surface area contributed by atoms with Crippen LogP contribution in [0.25, 0.3) is 10.2 Å². The molecule has 2 aromatic rings. The topological polar surface area (TPSA) is 58.1 Å². The zero-order valence-corrected chi connectivity index (χ0v) is 18.0. The summed E-state index contributed by atoms with van der Waals surface area (Å²) < 4.78 is 0. The number of hydrogen-bond acceptors (Lipinski definition) is 5. The van der Waals surface area contributed by atoms with Crippen molar-refractivity contribution < 1.29 is 4.79 Å². The quantitative estimate of drug-likeness (QED) is 0.793. The van der Waals surface area contributed by atoms with E-state index in [0.29, 0.717) is 5.92 Å². The number of hydrogen-bond donors (Lipinski definition) is 1. The molecular formula is C21H32N4OS. The van der Waals surface area contributed by atoms with Crippen LogP contribution < -0.4 is 10.2 Å². The number of piperidine rings is 1. The molecule has 148 valence electrons. The molecule has 2 aromatic heterocycles. The molecule has 1 unspecified atom stereocenters. The zero-order chi connectivity index (χ0) is 19.6. The fraction of sp³-hybridized carbons (Fsp3) is 0.667. The second-order valence-corrected chi connectivity index (χ2v) is 9.51. The Labute approximate surface area is 166 Å². The van der Waals surface area contributed by atoms with E-state index in [1.165, 1.54) is 15.8 Å². The van der Waals surface area contributed by atoms with Gasteiger partial charge in [0.2, 0.25) is 5.91 Å². The van der Waals surface area contributed by atoms with Gasteiger partial charge in [0.1, 0.15) is 17.0 Å². The van der Waals surface area contributed by atoms with Gasteiger partial charge in [-0.1, -0.05) is 13.8 Å². The monoisotopic (exact) mass is 388 g/mol. The van der Waals surface area contributed by atoms with Crippen LogP contribution in [0, 0.1) is 25.7 Å². The Morgan fingerprint density at radius 1 is 1.22 bits per heavy atom. The van der Waals surface area contributed by atoms with Crippen molar-refractivity contribution >= 4 is 33.3 Å². The van der Waals surface area contributed by atoms with E-state index in [1.54, 1.807) is 17.7 Å². The molecule has 27 heavy (non-hydrogen) atoms. The Bertz CT molecular complexity index is 793. The highest BCUT2D eigenvalue weighted by Gasteiger charge is 2.27. The van der Waals surface area contributed by atoms with E-state index in [9.17, 15) is 4.79 Å². The predicted molar refractivity (Wildman–Crippen MR) is 114 cm³/mol. The van der Waals surface area contributed by atoms with E-state index < -0.39 is 0 Å². The second kappa shape index (κ2) is 8.55. The molecule has 1 aliphatic heterocycles. The number of fused-ring (bicyclic) bond motifs is 1. The van der Waals surface area contributed by atoms with Gasteiger partial charge in [-0.05, 0) is 57.9 Å². The minimum absolute atomic E-state index is 0.116. The molecule has 1 N–H and O–H groups in total. The van der Waals surface area contributed by atoms with Gasteiger partial charge >= 0.3 is 0 Å². The van der Waals surface area contributed by atoms with Crippen molar-refractivity contribution in [3.8, 4) is 0 Å². The van der Waals surface area contributed by atoms with Crippen LogP contribution >= 0.6 is 11.3 Å². The summed E-state index contributed by atoms with van der Waals surface area (Å²) in [5, 5.41) is 4.41. The number of rotatable bonds is 6. The van der Waals surface area contributed by atoms with Gasteiger partial charge in [0.25, 0.3) is 0 Å². The first-order chi connectivity index (χ1) is 12.9. The number of nitrogens with one attached hydrogen (secondary N) is 1. The van der Waals surface area contributed by atoms with E-state index in [1.807, 2.05) is 0 Å². The molecule has 1 atom stereocenters. The maximum Gasteiger partial charge on any atom is 0.223 e. The highest BCUT2D eigenvalue weighted by Crippen LogP contribution is 2.35. The van der Waals surface area contributed by atoms with Crippen molar-refractivity contribution in [2.45, 2.75) is 66.3 Å². The van der Waals surface area contributed by atoms with Crippen LogP contribution in [0.5, 0.6) is 0 Å². The summed E-state index contributed by atoms with van der Waals surface area (Å²) >= 11 is 1.73. The number of aromatic nitrogens is 2. The summed E-state index contributed by atoms with van der Waals surface area (Å²) in [7, 11) is 0. The van der Waals surface area contributed by atoms with E-state index in [2.05, 4.69) is 54.8 Å². The molecule has 3 heterocycles. The summed E-state index contributed by atoms with van der Waals surface area (Å²) in [6.45, 7) is 12.6. The van der Waals surface area contributed by atoms with Crippen LogP contribution in [0.1, 0.15) is 56.9 Å². The summed E-state index contributed by atoms with van der Waals surface area (Å²) in [5.41, 5.74) is 1.28. The minimum atomic E-state index is 0.116. The fourth-order valence-corrected chi connectivity index (χ4v) is 4.76. The Hall–Kier alpha value is -1.69. The summed E-state index contributed by atoms with van der Waals surface area (Å²) in [6.07, 6.45) is 5.65. The molecule has 0 aromatic carbocycles. The number of thiophene rings is 1. The standard InChI is InChI=1S/C21H32N4OS/c1-13(2)6-7-14(3)24-20(26)17-8-10-25(11-9-17)19-18-15(4)16(5)27-21(18)23-12-22-19/h12-14,17H,6-11H2,1-5H3,(H,24,26). The summed E-state index contributed by atoms with van der Waals surface area (Å²) in [5.74, 6) is 2.05. The van der Waals surface area contributed by atoms with Gasteiger partial charge in [0.15, 0.2) is 0 Å². The Kier molecular flexibility index (Phi) is 6.35. The number of anilines is 1. The third-order valence-electron chi connectivity index (χ3n) is 5.68. The lowest BCUT2D eigenvalue weighted by Gasteiger charge is -2.33.